The lowest BCUT2D eigenvalue weighted by molar-refractivity contribution is 0.466. The molecule has 0 aliphatic rings. The minimum Gasteiger partial charge on any atom is -0.507 e. The molecule has 2 nitrogen and oxygen atoms in total. The second-order valence-electron chi connectivity index (χ2n) is 6.98. The van der Waals surface area contributed by atoms with Gasteiger partial charge in [0.05, 0.1) is 0 Å². The molecule has 0 aliphatic carbocycles. The lowest BCUT2D eigenvalue weighted by atomic mass is 10.0. The molecule has 0 amide bonds. The Balaban J connectivity index is 1.66. The number of thioether (sulfide) groups is 1. The van der Waals surface area contributed by atoms with Gasteiger partial charge in [-0.1, -0.05) is 24.3 Å². The molecule has 0 spiro atoms. The highest BCUT2D eigenvalue weighted by atomic mass is 32.2. The van der Waals surface area contributed by atoms with Gasteiger partial charge in [0.1, 0.15) is 11.5 Å². The zero-order valence-electron chi connectivity index (χ0n) is 15.9. The maximum absolute atomic E-state index is 9.82. The Labute approximate surface area is 156 Å². The lowest BCUT2D eigenvalue weighted by Crippen LogP contribution is -1.94. The fourth-order valence-electron chi connectivity index (χ4n) is 3.24. The third-order valence-electron chi connectivity index (χ3n) is 4.61. The molecule has 0 radical (unpaired) electrons. The van der Waals surface area contributed by atoms with Gasteiger partial charge in [-0.2, -0.15) is 11.8 Å². The van der Waals surface area contributed by atoms with Gasteiger partial charge in [-0.25, -0.2) is 0 Å². The molecule has 0 unspecified atom stereocenters. The normalized spacial score (nSPS) is 11.0. The van der Waals surface area contributed by atoms with Crippen molar-refractivity contribution in [2.24, 2.45) is 0 Å². The van der Waals surface area contributed by atoms with Crippen molar-refractivity contribution in [1.82, 2.24) is 0 Å². The van der Waals surface area contributed by atoms with E-state index >= 15 is 0 Å². The molecule has 0 heterocycles. The van der Waals surface area contributed by atoms with E-state index in [1.54, 1.807) is 0 Å². The maximum atomic E-state index is 9.82. The summed E-state index contributed by atoms with van der Waals surface area (Å²) in [5, 5.41) is 19.6. The number of phenolic OH excluding ortho intramolecular Hbond substituents is 2. The van der Waals surface area contributed by atoms with E-state index in [-0.39, 0.29) is 0 Å². The van der Waals surface area contributed by atoms with Crippen LogP contribution in [0.3, 0.4) is 0 Å². The maximum Gasteiger partial charge on any atom is 0.121 e. The van der Waals surface area contributed by atoms with Crippen molar-refractivity contribution in [3.63, 3.8) is 0 Å². The Kier molecular flexibility index (Phi) is 7.24. The Morgan fingerprint density at radius 3 is 1.28 bits per heavy atom. The first-order valence-corrected chi connectivity index (χ1v) is 10.2. The summed E-state index contributed by atoms with van der Waals surface area (Å²) in [6, 6.07) is 8.40. The zero-order valence-corrected chi connectivity index (χ0v) is 16.7. The first-order valence-electron chi connectivity index (χ1n) is 9.04. The molecule has 25 heavy (non-hydrogen) atoms. The van der Waals surface area contributed by atoms with E-state index in [0.717, 1.165) is 35.1 Å². The zero-order chi connectivity index (χ0) is 18.4. The van der Waals surface area contributed by atoms with Crippen molar-refractivity contribution in [2.45, 2.75) is 53.4 Å². The predicted octanol–water partition coefficient (Wildman–Crippen LogP) is 5.63. The minimum atomic E-state index is 0.429. The summed E-state index contributed by atoms with van der Waals surface area (Å²) in [7, 11) is 0. The average Bonchev–Trinajstić information content (AvgIpc) is 2.56. The summed E-state index contributed by atoms with van der Waals surface area (Å²) >= 11 is 2.02. The third kappa shape index (κ3) is 5.71. The number of hydrogen-bond acceptors (Lipinski definition) is 3. The van der Waals surface area contributed by atoms with Crippen molar-refractivity contribution in [3.8, 4) is 11.5 Å². The number of hydrogen-bond donors (Lipinski definition) is 2. The highest BCUT2D eigenvalue weighted by Crippen LogP contribution is 2.25. The van der Waals surface area contributed by atoms with Crippen LogP contribution in [-0.2, 0) is 12.8 Å². The molecule has 2 aromatic rings. The van der Waals surface area contributed by atoms with E-state index in [2.05, 4.69) is 24.3 Å². The molecule has 0 aliphatic heterocycles. The van der Waals surface area contributed by atoms with Crippen LogP contribution in [0.1, 0.15) is 46.2 Å². The average molecular weight is 359 g/mol. The summed E-state index contributed by atoms with van der Waals surface area (Å²) in [5.41, 5.74) is 6.54. The fourth-order valence-corrected chi connectivity index (χ4v) is 4.14. The van der Waals surface area contributed by atoms with Crippen molar-refractivity contribution < 1.29 is 10.2 Å². The van der Waals surface area contributed by atoms with E-state index < -0.39 is 0 Å². The molecule has 0 saturated carbocycles. The van der Waals surface area contributed by atoms with Crippen LogP contribution < -0.4 is 0 Å². The number of rotatable bonds is 8. The monoisotopic (exact) mass is 358 g/mol. The van der Waals surface area contributed by atoms with Crippen molar-refractivity contribution in [1.29, 1.82) is 0 Å². The molecule has 0 atom stereocenters. The van der Waals surface area contributed by atoms with Crippen LogP contribution in [0, 0.1) is 27.7 Å². The third-order valence-corrected chi connectivity index (χ3v) is 5.76. The summed E-state index contributed by atoms with van der Waals surface area (Å²) in [5.74, 6) is 3.20. The Morgan fingerprint density at radius 2 is 0.960 bits per heavy atom. The van der Waals surface area contributed by atoms with Crippen LogP contribution in [0.25, 0.3) is 0 Å². The van der Waals surface area contributed by atoms with Gasteiger partial charge in [-0.05, 0) is 98.3 Å². The van der Waals surface area contributed by atoms with Crippen LogP contribution in [-0.4, -0.2) is 21.7 Å². The van der Waals surface area contributed by atoms with Crippen LogP contribution >= 0.6 is 11.8 Å². The van der Waals surface area contributed by atoms with Crippen LogP contribution in [0.2, 0.25) is 0 Å². The smallest absolute Gasteiger partial charge is 0.121 e. The molecular weight excluding hydrogens is 328 g/mol. The molecule has 0 bridgehead atoms. The van der Waals surface area contributed by atoms with Crippen LogP contribution in [0.5, 0.6) is 11.5 Å². The van der Waals surface area contributed by atoms with Crippen molar-refractivity contribution >= 4 is 11.8 Å². The predicted molar refractivity (Wildman–Crippen MR) is 109 cm³/mol. The van der Waals surface area contributed by atoms with E-state index in [4.69, 9.17) is 0 Å². The number of phenols is 2. The molecule has 0 fully saturated rings. The molecule has 2 N–H and O–H groups in total. The van der Waals surface area contributed by atoms with E-state index in [1.807, 2.05) is 39.5 Å². The molecule has 2 aromatic carbocycles. The van der Waals surface area contributed by atoms with Gasteiger partial charge < -0.3 is 10.2 Å². The van der Waals surface area contributed by atoms with Gasteiger partial charge in [0, 0.05) is 0 Å². The van der Waals surface area contributed by atoms with Gasteiger partial charge >= 0.3 is 0 Å². The number of aryl methyl sites for hydroxylation is 6. The Bertz CT molecular complexity index is 614. The first-order chi connectivity index (χ1) is 11.9. The largest absolute Gasteiger partial charge is 0.507 e. The molecule has 0 saturated heterocycles. The summed E-state index contributed by atoms with van der Waals surface area (Å²) < 4.78 is 0. The number of benzene rings is 2. The van der Waals surface area contributed by atoms with Crippen LogP contribution in [0.15, 0.2) is 24.3 Å². The lowest BCUT2D eigenvalue weighted by Gasteiger charge is -2.09. The summed E-state index contributed by atoms with van der Waals surface area (Å²) in [6.45, 7) is 7.86. The minimum absolute atomic E-state index is 0.429. The Morgan fingerprint density at radius 1 is 0.640 bits per heavy atom. The van der Waals surface area contributed by atoms with Gasteiger partial charge in [-0.15, -0.1) is 0 Å². The standard InChI is InChI=1S/C22H30O2S/c1-15-11-19(12-16(2)21(15)23)7-5-9-25-10-6-8-20-13-17(3)22(24)18(4)14-20/h11-14,23-24H,5-10H2,1-4H3. The van der Waals surface area contributed by atoms with Gasteiger partial charge in [0.15, 0.2) is 0 Å². The van der Waals surface area contributed by atoms with Crippen molar-refractivity contribution in [2.75, 3.05) is 11.5 Å². The fraction of sp³-hybridized carbons (Fsp3) is 0.455. The molecule has 3 heteroatoms. The van der Waals surface area contributed by atoms with Gasteiger partial charge in [0.2, 0.25) is 0 Å². The molecule has 0 aromatic heterocycles. The van der Waals surface area contributed by atoms with Crippen molar-refractivity contribution in [3.05, 3.63) is 57.6 Å². The second-order valence-corrected chi connectivity index (χ2v) is 8.20. The summed E-state index contributed by atoms with van der Waals surface area (Å²) in [6.07, 6.45) is 4.49. The number of aromatic hydroxyl groups is 2. The molecular formula is C22H30O2S. The van der Waals surface area contributed by atoms with E-state index in [0.29, 0.717) is 11.5 Å². The highest BCUT2D eigenvalue weighted by Gasteiger charge is 2.05. The highest BCUT2D eigenvalue weighted by molar-refractivity contribution is 7.99. The quantitative estimate of drug-likeness (QED) is 0.601. The first kappa shape index (κ1) is 19.7. The molecule has 2 rings (SSSR count). The van der Waals surface area contributed by atoms with Crippen LogP contribution in [0.4, 0.5) is 0 Å². The van der Waals surface area contributed by atoms with Gasteiger partial charge in [-0.3, -0.25) is 0 Å². The summed E-state index contributed by atoms with van der Waals surface area (Å²) in [4.78, 5) is 0. The topological polar surface area (TPSA) is 40.5 Å². The van der Waals surface area contributed by atoms with Gasteiger partial charge in [0.25, 0.3) is 0 Å². The molecule has 136 valence electrons. The van der Waals surface area contributed by atoms with E-state index in [1.165, 1.54) is 35.5 Å². The second kappa shape index (κ2) is 9.19. The Hall–Kier alpha value is -1.61. The SMILES string of the molecule is Cc1cc(CCCSCCCc2cc(C)c(O)c(C)c2)cc(C)c1O. The van der Waals surface area contributed by atoms with E-state index in [9.17, 15) is 10.2 Å².